The summed E-state index contributed by atoms with van der Waals surface area (Å²) in [6, 6.07) is 8.11. The molecule has 0 unspecified atom stereocenters. The maximum atomic E-state index is 11.9. The number of anilines is 1. The Morgan fingerprint density at radius 3 is 3.05 bits per heavy atom. The van der Waals surface area contributed by atoms with Gasteiger partial charge < -0.3 is 10.3 Å². The summed E-state index contributed by atoms with van der Waals surface area (Å²) in [6.45, 7) is 0. The Morgan fingerprint density at radius 2 is 2.25 bits per heavy atom. The molecule has 2 N–H and O–H groups in total. The number of hydrogen-bond donors (Lipinski definition) is 2. The quantitative estimate of drug-likeness (QED) is 0.763. The summed E-state index contributed by atoms with van der Waals surface area (Å²) in [7, 11) is 1.82. The third kappa shape index (κ3) is 2.56. The molecule has 5 nitrogen and oxygen atoms in total. The van der Waals surface area contributed by atoms with E-state index in [1.54, 1.807) is 17.1 Å². The number of benzene rings is 1. The minimum Gasteiger partial charge on any atom is -0.361 e. The van der Waals surface area contributed by atoms with Crippen LogP contribution in [0.5, 0.6) is 0 Å². The molecule has 0 aliphatic carbocycles. The van der Waals surface area contributed by atoms with Gasteiger partial charge >= 0.3 is 0 Å². The van der Waals surface area contributed by atoms with Gasteiger partial charge in [0.2, 0.25) is 5.91 Å². The molecule has 20 heavy (non-hydrogen) atoms. The second-order valence-corrected chi connectivity index (χ2v) is 4.81. The zero-order valence-electron chi connectivity index (χ0n) is 11.3. The fraction of sp³-hybridized carbons (Fsp3) is 0.200. The molecule has 1 aromatic carbocycles. The number of aryl methyl sites for hydroxylation is 2. The lowest BCUT2D eigenvalue weighted by atomic mass is 10.1. The molecule has 0 bridgehead atoms. The second kappa shape index (κ2) is 5.21. The van der Waals surface area contributed by atoms with Crippen molar-refractivity contribution in [1.29, 1.82) is 0 Å². The molecule has 3 rings (SSSR count). The smallest absolute Gasteiger partial charge is 0.224 e. The van der Waals surface area contributed by atoms with E-state index in [4.69, 9.17) is 0 Å². The van der Waals surface area contributed by atoms with E-state index >= 15 is 0 Å². The van der Waals surface area contributed by atoms with Crippen molar-refractivity contribution < 1.29 is 4.79 Å². The molecule has 0 atom stereocenters. The van der Waals surface area contributed by atoms with Crippen LogP contribution in [0.1, 0.15) is 12.0 Å². The molecule has 0 spiro atoms. The van der Waals surface area contributed by atoms with Crippen LogP contribution in [0.15, 0.2) is 42.9 Å². The van der Waals surface area contributed by atoms with Crippen LogP contribution < -0.4 is 5.32 Å². The third-order valence-corrected chi connectivity index (χ3v) is 3.28. The average Bonchev–Trinajstić information content (AvgIpc) is 3.03. The second-order valence-electron chi connectivity index (χ2n) is 4.81. The van der Waals surface area contributed by atoms with Crippen molar-refractivity contribution in [2.75, 3.05) is 5.32 Å². The number of fused-ring (bicyclic) bond motifs is 1. The Balaban J connectivity index is 1.63. The fourth-order valence-electron chi connectivity index (χ4n) is 2.30. The molecule has 0 aliphatic heterocycles. The van der Waals surface area contributed by atoms with E-state index in [9.17, 15) is 4.79 Å². The summed E-state index contributed by atoms with van der Waals surface area (Å²) in [6.07, 6.45) is 6.57. The van der Waals surface area contributed by atoms with Gasteiger partial charge in [0.05, 0.1) is 11.9 Å². The standard InChI is InChI=1S/C15H16N4O/c1-19-10-12(9-17-19)18-15(20)7-6-11-8-16-14-5-3-2-4-13(11)14/h2-5,8-10,16H,6-7H2,1H3,(H,18,20). The number of H-pyrrole nitrogens is 1. The van der Waals surface area contributed by atoms with Gasteiger partial charge in [0.1, 0.15) is 0 Å². The Bertz CT molecular complexity index is 741. The van der Waals surface area contributed by atoms with Gasteiger partial charge in [-0.15, -0.1) is 0 Å². The monoisotopic (exact) mass is 268 g/mol. The number of amides is 1. The number of aromatic nitrogens is 3. The first-order valence-electron chi connectivity index (χ1n) is 6.56. The zero-order valence-corrected chi connectivity index (χ0v) is 11.3. The predicted molar refractivity (Wildman–Crippen MR) is 78.5 cm³/mol. The van der Waals surface area contributed by atoms with Crippen LogP contribution in [0, 0.1) is 0 Å². The van der Waals surface area contributed by atoms with E-state index in [0.717, 1.165) is 17.6 Å². The average molecular weight is 268 g/mol. The molecule has 5 heteroatoms. The third-order valence-electron chi connectivity index (χ3n) is 3.28. The van der Waals surface area contributed by atoms with E-state index < -0.39 is 0 Å². The maximum Gasteiger partial charge on any atom is 0.224 e. The summed E-state index contributed by atoms with van der Waals surface area (Å²) in [4.78, 5) is 15.1. The Hall–Kier alpha value is -2.56. The van der Waals surface area contributed by atoms with E-state index in [-0.39, 0.29) is 5.91 Å². The first-order chi connectivity index (χ1) is 9.72. The lowest BCUT2D eigenvalue weighted by Gasteiger charge is -2.02. The van der Waals surface area contributed by atoms with Crippen LogP contribution >= 0.6 is 0 Å². The van der Waals surface area contributed by atoms with Crippen LogP contribution in [-0.4, -0.2) is 20.7 Å². The molecule has 3 aromatic rings. The summed E-state index contributed by atoms with van der Waals surface area (Å²) in [5.41, 5.74) is 3.01. The van der Waals surface area contributed by atoms with Crippen molar-refractivity contribution in [3.05, 3.63) is 48.4 Å². The number of nitrogens with one attached hydrogen (secondary N) is 2. The highest BCUT2D eigenvalue weighted by molar-refractivity contribution is 5.91. The number of aromatic amines is 1. The van der Waals surface area contributed by atoms with Crippen molar-refractivity contribution in [3.8, 4) is 0 Å². The summed E-state index contributed by atoms with van der Waals surface area (Å²) < 4.78 is 1.66. The highest BCUT2D eigenvalue weighted by atomic mass is 16.1. The lowest BCUT2D eigenvalue weighted by molar-refractivity contribution is -0.116. The normalized spacial score (nSPS) is 10.8. The van der Waals surface area contributed by atoms with E-state index in [1.165, 1.54) is 10.9 Å². The Kier molecular flexibility index (Phi) is 3.25. The van der Waals surface area contributed by atoms with Gasteiger partial charge in [-0.05, 0) is 18.1 Å². The molecule has 0 radical (unpaired) electrons. The van der Waals surface area contributed by atoms with Gasteiger partial charge in [-0.2, -0.15) is 5.10 Å². The number of nitrogens with zero attached hydrogens (tertiary/aromatic N) is 2. The van der Waals surface area contributed by atoms with Crippen molar-refractivity contribution >= 4 is 22.5 Å². The topological polar surface area (TPSA) is 62.7 Å². The van der Waals surface area contributed by atoms with Gasteiger partial charge in [0.15, 0.2) is 0 Å². The van der Waals surface area contributed by atoms with Gasteiger partial charge in [0, 0.05) is 36.8 Å². The first-order valence-corrected chi connectivity index (χ1v) is 6.56. The number of hydrogen-bond acceptors (Lipinski definition) is 2. The lowest BCUT2D eigenvalue weighted by Crippen LogP contribution is -2.11. The van der Waals surface area contributed by atoms with E-state index in [2.05, 4.69) is 21.5 Å². The zero-order chi connectivity index (χ0) is 13.9. The summed E-state index contributed by atoms with van der Waals surface area (Å²) in [5.74, 6) is 0.00304. The van der Waals surface area contributed by atoms with E-state index in [0.29, 0.717) is 6.42 Å². The van der Waals surface area contributed by atoms with Crippen LogP contribution in [0.4, 0.5) is 5.69 Å². The summed E-state index contributed by atoms with van der Waals surface area (Å²) >= 11 is 0. The van der Waals surface area contributed by atoms with Crippen LogP contribution in [0.3, 0.4) is 0 Å². The molecule has 0 aliphatic rings. The summed E-state index contributed by atoms with van der Waals surface area (Å²) in [5, 5.41) is 8.04. The predicted octanol–water partition coefficient (Wildman–Crippen LogP) is 2.47. The number of rotatable bonds is 4. The number of carbonyl (C=O) groups is 1. The van der Waals surface area contributed by atoms with Crippen molar-refractivity contribution in [2.45, 2.75) is 12.8 Å². The van der Waals surface area contributed by atoms with Gasteiger partial charge in [-0.25, -0.2) is 0 Å². The molecular weight excluding hydrogens is 252 g/mol. The molecule has 1 amide bonds. The molecule has 0 saturated carbocycles. The van der Waals surface area contributed by atoms with Crippen molar-refractivity contribution in [1.82, 2.24) is 14.8 Å². The SMILES string of the molecule is Cn1cc(NC(=O)CCc2c[nH]c3ccccc23)cn1. The molecule has 2 aromatic heterocycles. The molecule has 0 fully saturated rings. The van der Waals surface area contributed by atoms with Crippen molar-refractivity contribution in [3.63, 3.8) is 0 Å². The highest BCUT2D eigenvalue weighted by Crippen LogP contribution is 2.19. The van der Waals surface area contributed by atoms with Crippen LogP contribution in [0.2, 0.25) is 0 Å². The maximum absolute atomic E-state index is 11.9. The minimum absolute atomic E-state index is 0.00304. The number of carbonyl (C=O) groups excluding carboxylic acids is 1. The molecule has 102 valence electrons. The Labute approximate surface area is 116 Å². The fourth-order valence-corrected chi connectivity index (χ4v) is 2.30. The van der Waals surface area contributed by atoms with E-state index in [1.807, 2.05) is 31.4 Å². The largest absolute Gasteiger partial charge is 0.361 e. The van der Waals surface area contributed by atoms with Gasteiger partial charge in [0.25, 0.3) is 0 Å². The van der Waals surface area contributed by atoms with Crippen LogP contribution in [-0.2, 0) is 18.3 Å². The number of para-hydroxylation sites is 1. The Morgan fingerprint density at radius 1 is 1.40 bits per heavy atom. The first kappa shape index (κ1) is 12.5. The van der Waals surface area contributed by atoms with Gasteiger partial charge in [-0.3, -0.25) is 9.48 Å². The van der Waals surface area contributed by atoms with Crippen molar-refractivity contribution in [2.24, 2.45) is 7.05 Å². The minimum atomic E-state index is 0.00304. The molecule has 0 saturated heterocycles. The molecular formula is C15H16N4O. The van der Waals surface area contributed by atoms with Gasteiger partial charge in [-0.1, -0.05) is 18.2 Å². The van der Waals surface area contributed by atoms with Crippen LogP contribution in [0.25, 0.3) is 10.9 Å². The molecule has 2 heterocycles. The highest BCUT2D eigenvalue weighted by Gasteiger charge is 2.07.